The first kappa shape index (κ1) is 13.9. The van der Waals surface area contributed by atoms with E-state index in [0.29, 0.717) is 11.1 Å². The van der Waals surface area contributed by atoms with Crippen LogP contribution in [-0.4, -0.2) is 0 Å². The Kier molecular flexibility index (Phi) is 3.48. The number of benzene rings is 1. The number of rotatable bonds is 2. The summed E-state index contributed by atoms with van der Waals surface area (Å²) in [5.74, 6) is 0. The molecule has 0 atom stereocenters. The van der Waals surface area contributed by atoms with Crippen LogP contribution in [0.5, 0.6) is 0 Å². The lowest BCUT2D eigenvalue weighted by molar-refractivity contribution is 0.564. The van der Waals surface area contributed by atoms with E-state index in [1.54, 1.807) is 22.7 Å². The molecule has 5 heteroatoms. The van der Waals surface area contributed by atoms with Crippen molar-refractivity contribution in [2.45, 2.75) is 0 Å². The molecular formula is C17H9BrO2S2. The van der Waals surface area contributed by atoms with Crippen LogP contribution in [0.1, 0.15) is 0 Å². The second-order valence-corrected chi connectivity index (χ2v) is 7.55. The van der Waals surface area contributed by atoms with Gasteiger partial charge >= 0.3 is 5.63 Å². The van der Waals surface area contributed by atoms with Crippen LogP contribution in [0.2, 0.25) is 0 Å². The zero-order valence-electron chi connectivity index (χ0n) is 11.2. The second-order valence-electron chi connectivity index (χ2n) is 4.73. The fourth-order valence-electron chi connectivity index (χ4n) is 2.50. The van der Waals surface area contributed by atoms with Crippen LogP contribution >= 0.6 is 38.6 Å². The molecule has 0 radical (unpaired) electrons. The van der Waals surface area contributed by atoms with E-state index >= 15 is 0 Å². The molecule has 0 bridgehead atoms. The lowest BCUT2D eigenvalue weighted by atomic mass is 10.0. The third-order valence-corrected chi connectivity index (χ3v) is 5.67. The van der Waals surface area contributed by atoms with Crippen LogP contribution in [0.4, 0.5) is 0 Å². The summed E-state index contributed by atoms with van der Waals surface area (Å²) in [5.41, 5.74) is 1.91. The van der Waals surface area contributed by atoms with Gasteiger partial charge in [-0.15, -0.1) is 22.7 Å². The minimum Gasteiger partial charge on any atom is -0.422 e. The Bertz CT molecular complexity index is 999. The van der Waals surface area contributed by atoms with Gasteiger partial charge in [-0.2, -0.15) is 0 Å². The standard InChI is InChI=1S/C17H9BrO2S2/c18-10-5-6-12-11(9-10)15(13-3-1-7-21-13)16(17(19)20-12)14-4-2-8-22-14/h1-9H. The topological polar surface area (TPSA) is 30.2 Å². The van der Waals surface area contributed by atoms with Gasteiger partial charge in [0.05, 0.1) is 5.56 Å². The molecular weight excluding hydrogens is 380 g/mol. The maximum Gasteiger partial charge on any atom is 0.345 e. The van der Waals surface area contributed by atoms with Crippen molar-refractivity contribution in [1.29, 1.82) is 0 Å². The Balaban J connectivity index is 2.21. The van der Waals surface area contributed by atoms with E-state index in [0.717, 1.165) is 25.2 Å². The molecule has 0 aliphatic heterocycles. The number of thiophene rings is 2. The molecule has 0 amide bonds. The lowest BCUT2D eigenvalue weighted by Crippen LogP contribution is -2.04. The highest BCUT2D eigenvalue weighted by molar-refractivity contribution is 9.10. The molecule has 0 saturated carbocycles. The fraction of sp³-hybridized carbons (Fsp3) is 0. The van der Waals surface area contributed by atoms with E-state index < -0.39 is 0 Å². The molecule has 0 spiro atoms. The van der Waals surface area contributed by atoms with E-state index in [1.807, 2.05) is 53.2 Å². The molecule has 0 unspecified atom stereocenters. The van der Waals surface area contributed by atoms with Crippen molar-refractivity contribution < 1.29 is 4.42 Å². The van der Waals surface area contributed by atoms with Crippen molar-refractivity contribution >= 4 is 49.6 Å². The first-order chi connectivity index (χ1) is 10.7. The van der Waals surface area contributed by atoms with Crippen molar-refractivity contribution in [2.24, 2.45) is 0 Å². The van der Waals surface area contributed by atoms with Crippen LogP contribution in [0.3, 0.4) is 0 Å². The number of fused-ring (bicyclic) bond motifs is 1. The molecule has 108 valence electrons. The highest BCUT2D eigenvalue weighted by atomic mass is 79.9. The van der Waals surface area contributed by atoms with Gasteiger partial charge in [0, 0.05) is 25.2 Å². The second kappa shape index (κ2) is 5.50. The van der Waals surface area contributed by atoms with Crippen molar-refractivity contribution in [3.63, 3.8) is 0 Å². The Labute approximate surface area is 142 Å². The Morgan fingerprint density at radius 3 is 2.23 bits per heavy atom. The summed E-state index contributed by atoms with van der Waals surface area (Å²) in [6.07, 6.45) is 0. The van der Waals surface area contributed by atoms with Crippen molar-refractivity contribution in [3.8, 4) is 20.9 Å². The first-order valence-electron chi connectivity index (χ1n) is 6.58. The Morgan fingerprint density at radius 1 is 0.909 bits per heavy atom. The van der Waals surface area contributed by atoms with Crippen LogP contribution in [0, 0.1) is 0 Å². The maximum atomic E-state index is 12.6. The van der Waals surface area contributed by atoms with Gasteiger partial charge in [0.1, 0.15) is 5.58 Å². The third-order valence-electron chi connectivity index (χ3n) is 3.40. The molecule has 22 heavy (non-hydrogen) atoms. The molecule has 3 heterocycles. The normalized spacial score (nSPS) is 11.1. The van der Waals surface area contributed by atoms with Crippen LogP contribution in [0.15, 0.2) is 66.9 Å². The quantitative estimate of drug-likeness (QED) is 0.393. The summed E-state index contributed by atoms with van der Waals surface area (Å²) in [5, 5.41) is 4.93. The summed E-state index contributed by atoms with van der Waals surface area (Å²) < 4.78 is 6.51. The Morgan fingerprint density at radius 2 is 1.59 bits per heavy atom. The van der Waals surface area contributed by atoms with E-state index in [4.69, 9.17) is 4.42 Å². The smallest absolute Gasteiger partial charge is 0.345 e. The summed E-state index contributed by atoms with van der Waals surface area (Å²) in [6, 6.07) is 13.7. The van der Waals surface area contributed by atoms with Gasteiger partial charge < -0.3 is 4.42 Å². The van der Waals surface area contributed by atoms with Gasteiger partial charge in [0.2, 0.25) is 0 Å². The lowest BCUT2D eigenvalue weighted by Gasteiger charge is -2.09. The predicted octanol–water partition coefficient (Wildman–Crippen LogP) is 6.01. The van der Waals surface area contributed by atoms with Crippen molar-refractivity contribution in [1.82, 2.24) is 0 Å². The van der Waals surface area contributed by atoms with E-state index in [2.05, 4.69) is 15.9 Å². The van der Waals surface area contributed by atoms with Crippen molar-refractivity contribution in [3.05, 3.63) is 68.1 Å². The SMILES string of the molecule is O=c1oc2ccc(Br)cc2c(-c2cccs2)c1-c1cccs1. The van der Waals surface area contributed by atoms with Gasteiger partial charge in [0.15, 0.2) is 0 Å². The number of hydrogen-bond donors (Lipinski definition) is 0. The molecule has 0 aliphatic carbocycles. The summed E-state index contributed by atoms with van der Waals surface area (Å²) in [4.78, 5) is 14.6. The average molecular weight is 389 g/mol. The fourth-order valence-corrected chi connectivity index (χ4v) is 4.41. The molecule has 0 aliphatic rings. The van der Waals surface area contributed by atoms with Crippen molar-refractivity contribution in [2.75, 3.05) is 0 Å². The summed E-state index contributed by atoms with van der Waals surface area (Å²) >= 11 is 6.68. The molecule has 2 nitrogen and oxygen atoms in total. The molecule has 4 rings (SSSR count). The zero-order chi connectivity index (χ0) is 15.1. The van der Waals surface area contributed by atoms with Crippen LogP contribution in [0.25, 0.3) is 31.9 Å². The monoisotopic (exact) mass is 388 g/mol. The van der Waals surface area contributed by atoms with Gasteiger partial charge in [-0.3, -0.25) is 0 Å². The Hall–Kier alpha value is -1.69. The number of halogens is 1. The van der Waals surface area contributed by atoms with E-state index in [9.17, 15) is 4.79 Å². The molecule has 3 aromatic heterocycles. The van der Waals surface area contributed by atoms with Gasteiger partial charge in [-0.25, -0.2) is 4.79 Å². The molecule has 0 saturated heterocycles. The van der Waals surface area contributed by atoms with Gasteiger partial charge in [-0.05, 0) is 41.1 Å². The highest BCUT2D eigenvalue weighted by Gasteiger charge is 2.19. The molecule has 4 aromatic rings. The van der Waals surface area contributed by atoms with Gasteiger partial charge in [-0.1, -0.05) is 28.1 Å². The van der Waals surface area contributed by atoms with E-state index in [-0.39, 0.29) is 5.63 Å². The van der Waals surface area contributed by atoms with Crippen LogP contribution < -0.4 is 5.63 Å². The highest BCUT2D eigenvalue weighted by Crippen LogP contribution is 2.40. The average Bonchev–Trinajstić information content (AvgIpc) is 3.19. The maximum absolute atomic E-state index is 12.6. The zero-order valence-corrected chi connectivity index (χ0v) is 14.4. The summed E-state index contributed by atoms with van der Waals surface area (Å²) in [6.45, 7) is 0. The minimum absolute atomic E-state index is 0.291. The largest absolute Gasteiger partial charge is 0.422 e. The predicted molar refractivity (Wildman–Crippen MR) is 96.8 cm³/mol. The van der Waals surface area contributed by atoms with Gasteiger partial charge in [0.25, 0.3) is 0 Å². The minimum atomic E-state index is -0.291. The molecule has 1 aromatic carbocycles. The number of hydrogen-bond acceptors (Lipinski definition) is 4. The molecule has 0 N–H and O–H groups in total. The molecule has 0 fully saturated rings. The van der Waals surface area contributed by atoms with E-state index in [1.165, 1.54) is 0 Å². The first-order valence-corrected chi connectivity index (χ1v) is 9.13. The third kappa shape index (κ3) is 2.26. The van der Waals surface area contributed by atoms with Crippen LogP contribution in [-0.2, 0) is 0 Å². The summed E-state index contributed by atoms with van der Waals surface area (Å²) in [7, 11) is 0.